The van der Waals surface area contributed by atoms with Crippen LogP contribution in [-0.4, -0.2) is 66.7 Å². The molecule has 1 aliphatic heterocycles. The minimum absolute atomic E-state index is 0.103. The van der Waals surface area contributed by atoms with Gasteiger partial charge in [0.25, 0.3) is 0 Å². The van der Waals surface area contributed by atoms with Gasteiger partial charge in [0.05, 0.1) is 6.54 Å². The second-order valence-corrected chi connectivity index (χ2v) is 8.10. The molecule has 0 bridgehead atoms. The van der Waals surface area contributed by atoms with Crippen molar-refractivity contribution in [2.75, 3.05) is 13.1 Å². The first-order valence-corrected chi connectivity index (χ1v) is 11.2. The van der Waals surface area contributed by atoms with Crippen molar-refractivity contribution in [3.63, 3.8) is 0 Å². The lowest BCUT2D eigenvalue weighted by atomic mass is 10.0. The highest BCUT2D eigenvalue weighted by Gasteiger charge is 2.28. The predicted molar refractivity (Wildman–Crippen MR) is 127 cm³/mol. The Balaban J connectivity index is 1.98. The fourth-order valence-corrected chi connectivity index (χ4v) is 3.46. The van der Waals surface area contributed by atoms with Crippen molar-refractivity contribution < 1.29 is 24.0 Å². The highest BCUT2D eigenvalue weighted by atomic mass is 16.2. The Hall–Kier alpha value is -4.16. The van der Waals surface area contributed by atoms with Crippen LogP contribution in [0.15, 0.2) is 35.3 Å². The maximum absolute atomic E-state index is 12.9. The summed E-state index contributed by atoms with van der Waals surface area (Å²) in [5, 5.41) is 10.1. The first-order chi connectivity index (χ1) is 16.7. The molecule has 1 aliphatic rings. The van der Waals surface area contributed by atoms with E-state index in [2.05, 4.69) is 26.3 Å². The molecule has 1 aromatic rings. The molecule has 0 unspecified atom stereocenters. The molecule has 0 saturated carbocycles. The van der Waals surface area contributed by atoms with E-state index in [4.69, 9.17) is 17.2 Å². The fraction of sp³-hybridized carbons (Fsp3) is 0.455. The number of hydrogen-bond donors (Lipinski definition) is 7. The maximum atomic E-state index is 12.9. The van der Waals surface area contributed by atoms with Crippen LogP contribution in [0.1, 0.15) is 31.2 Å². The van der Waals surface area contributed by atoms with Gasteiger partial charge in [0, 0.05) is 19.4 Å². The number of nitrogens with one attached hydrogen (secondary N) is 4. The van der Waals surface area contributed by atoms with Gasteiger partial charge in [-0.25, -0.2) is 0 Å². The van der Waals surface area contributed by atoms with Crippen molar-refractivity contribution in [2.45, 2.75) is 50.2 Å². The summed E-state index contributed by atoms with van der Waals surface area (Å²) >= 11 is 0. The van der Waals surface area contributed by atoms with E-state index >= 15 is 0 Å². The van der Waals surface area contributed by atoms with Crippen molar-refractivity contribution in [3.8, 4) is 0 Å². The molecular weight excluding hydrogens is 456 g/mol. The molecule has 1 aromatic carbocycles. The van der Waals surface area contributed by atoms with Crippen LogP contribution in [0.2, 0.25) is 0 Å². The number of nitrogens with zero attached hydrogens (tertiary/aromatic N) is 1. The normalized spacial score (nSPS) is 16.3. The number of guanidine groups is 1. The molecule has 35 heavy (non-hydrogen) atoms. The Morgan fingerprint density at radius 2 is 1.77 bits per heavy atom. The topological polar surface area (TPSA) is 224 Å². The van der Waals surface area contributed by atoms with Gasteiger partial charge in [0.15, 0.2) is 5.96 Å². The largest absolute Gasteiger partial charge is 0.370 e. The molecular formula is C22H32N8O5. The average Bonchev–Trinajstić information content (AvgIpc) is 3.25. The van der Waals surface area contributed by atoms with Crippen LogP contribution >= 0.6 is 0 Å². The first-order valence-electron chi connectivity index (χ1n) is 11.2. The number of rotatable bonds is 13. The van der Waals surface area contributed by atoms with Gasteiger partial charge < -0.3 is 38.5 Å². The summed E-state index contributed by atoms with van der Waals surface area (Å²) in [5.74, 6) is -2.78. The molecule has 190 valence electrons. The zero-order valence-corrected chi connectivity index (χ0v) is 19.3. The third-order valence-electron chi connectivity index (χ3n) is 5.27. The molecule has 0 aliphatic carbocycles. The van der Waals surface area contributed by atoms with E-state index in [0.717, 1.165) is 5.56 Å². The molecule has 1 fully saturated rings. The number of aliphatic imine (C=N–C) groups is 1. The number of carbonyl (C=O) groups excluding carboxylic acids is 5. The van der Waals surface area contributed by atoms with Crippen LogP contribution in [-0.2, 0) is 30.4 Å². The summed E-state index contributed by atoms with van der Waals surface area (Å²) in [5.41, 5.74) is 16.9. The molecule has 0 radical (unpaired) electrons. The summed E-state index contributed by atoms with van der Waals surface area (Å²) < 4.78 is 0. The van der Waals surface area contributed by atoms with Crippen LogP contribution in [0.3, 0.4) is 0 Å². The van der Waals surface area contributed by atoms with E-state index in [1.165, 1.54) is 0 Å². The molecule has 2 rings (SSSR count). The van der Waals surface area contributed by atoms with Gasteiger partial charge >= 0.3 is 0 Å². The van der Waals surface area contributed by atoms with Gasteiger partial charge in [0.2, 0.25) is 29.5 Å². The number of carbonyl (C=O) groups is 5. The predicted octanol–water partition coefficient (Wildman–Crippen LogP) is -2.87. The lowest BCUT2D eigenvalue weighted by Crippen LogP contribution is -2.55. The van der Waals surface area contributed by atoms with E-state index in [9.17, 15) is 24.0 Å². The Bertz CT molecular complexity index is 948. The Kier molecular flexibility index (Phi) is 10.5. The van der Waals surface area contributed by atoms with Crippen LogP contribution in [0.5, 0.6) is 0 Å². The second kappa shape index (κ2) is 13.5. The minimum atomic E-state index is -1.03. The smallest absolute Gasteiger partial charge is 0.243 e. The Labute approximate surface area is 202 Å². The van der Waals surface area contributed by atoms with Gasteiger partial charge in [-0.2, -0.15) is 0 Å². The molecule has 3 atom stereocenters. The molecule has 0 aromatic heterocycles. The first kappa shape index (κ1) is 27.1. The van der Waals surface area contributed by atoms with E-state index in [1.807, 2.05) is 6.07 Å². The second-order valence-electron chi connectivity index (χ2n) is 8.10. The number of hydrogen-bond acceptors (Lipinski definition) is 6. The highest BCUT2D eigenvalue weighted by Crippen LogP contribution is 2.07. The van der Waals surface area contributed by atoms with Gasteiger partial charge in [-0.05, 0) is 24.8 Å². The van der Waals surface area contributed by atoms with Crippen molar-refractivity contribution in [1.29, 1.82) is 0 Å². The molecule has 5 amide bonds. The third-order valence-corrected chi connectivity index (χ3v) is 5.27. The minimum Gasteiger partial charge on any atom is -0.370 e. The number of amides is 5. The van der Waals surface area contributed by atoms with Crippen molar-refractivity contribution in [2.24, 2.45) is 22.2 Å². The van der Waals surface area contributed by atoms with Crippen LogP contribution in [0, 0.1) is 0 Å². The van der Waals surface area contributed by atoms with Crippen molar-refractivity contribution >= 4 is 35.5 Å². The third kappa shape index (κ3) is 9.70. The summed E-state index contributed by atoms with van der Waals surface area (Å²) in [6.07, 6.45) is 1.29. The SMILES string of the molecule is NC(=O)[C@@H](Cc1ccccc1)NC(=O)[C@H](CCCN=C(N)N)NC(=O)CNC(=O)[C@@H]1CCC(=O)N1. The van der Waals surface area contributed by atoms with Crippen LogP contribution in [0.25, 0.3) is 0 Å². The Morgan fingerprint density at radius 3 is 2.37 bits per heavy atom. The summed E-state index contributed by atoms with van der Waals surface area (Å²) in [4.78, 5) is 64.5. The van der Waals surface area contributed by atoms with E-state index in [1.54, 1.807) is 24.3 Å². The number of benzene rings is 1. The molecule has 13 heteroatoms. The molecule has 1 heterocycles. The van der Waals surface area contributed by atoms with Crippen molar-refractivity contribution in [3.05, 3.63) is 35.9 Å². The number of nitrogens with two attached hydrogens (primary N) is 3. The molecule has 13 nitrogen and oxygen atoms in total. The van der Waals surface area contributed by atoms with Crippen LogP contribution in [0.4, 0.5) is 0 Å². The fourth-order valence-electron chi connectivity index (χ4n) is 3.46. The number of primary amides is 1. The van der Waals surface area contributed by atoms with E-state index < -0.39 is 48.3 Å². The van der Waals surface area contributed by atoms with Crippen molar-refractivity contribution in [1.82, 2.24) is 21.3 Å². The van der Waals surface area contributed by atoms with Gasteiger partial charge in [-0.1, -0.05) is 30.3 Å². The quantitative estimate of drug-likeness (QED) is 0.0872. The summed E-state index contributed by atoms with van der Waals surface area (Å²) in [6, 6.07) is 6.30. The lowest BCUT2D eigenvalue weighted by molar-refractivity contribution is -0.132. The van der Waals surface area contributed by atoms with E-state index in [0.29, 0.717) is 12.8 Å². The van der Waals surface area contributed by atoms with Gasteiger partial charge in [-0.3, -0.25) is 29.0 Å². The highest BCUT2D eigenvalue weighted by molar-refractivity contribution is 5.95. The zero-order valence-electron chi connectivity index (χ0n) is 19.3. The average molecular weight is 489 g/mol. The summed E-state index contributed by atoms with van der Waals surface area (Å²) in [6.45, 7) is -0.171. The lowest BCUT2D eigenvalue weighted by Gasteiger charge is -2.22. The monoisotopic (exact) mass is 488 g/mol. The maximum Gasteiger partial charge on any atom is 0.243 e. The van der Waals surface area contributed by atoms with Gasteiger partial charge in [0.1, 0.15) is 18.1 Å². The molecule has 0 spiro atoms. The Morgan fingerprint density at radius 1 is 1.06 bits per heavy atom. The standard InChI is InChI=1S/C22H32N8O5/c23-19(33)16(11-13-5-2-1-3-6-13)30-21(35)14(7-4-10-26-22(24)25)29-18(32)12-27-20(34)15-8-9-17(31)28-15/h1-3,5-6,14-16H,4,7-12H2,(H2,23,33)(H,27,34)(H,28,31)(H,29,32)(H,30,35)(H4,24,25,26)/t14-,15-,16+/m0/s1. The van der Waals surface area contributed by atoms with Crippen LogP contribution < -0.4 is 38.5 Å². The van der Waals surface area contributed by atoms with E-state index in [-0.39, 0.29) is 37.7 Å². The van der Waals surface area contributed by atoms with Gasteiger partial charge in [-0.15, -0.1) is 0 Å². The summed E-state index contributed by atoms with van der Waals surface area (Å²) in [7, 11) is 0. The zero-order chi connectivity index (χ0) is 25.8. The molecule has 10 N–H and O–H groups in total. The molecule has 1 saturated heterocycles.